The maximum absolute atomic E-state index is 13.7. The Morgan fingerprint density at radius 2 is 1.83 bits per heavy atom. The second-order valence-corrected chi connectivity index (χ2v) is 7.85. The molecule has 0 unspecified atom stereocenters. The lowest BCUT2D eigenvalue weighted by molar-refractivity contribution is -0.138. The maximum atomic E-state index is 13.7. The number of nitrogens with zero attached hydrogens (tertiary/aromatic N) is 1. The molecule has 4 rings (SSSR count). The lowest BCUT2D eigenvalue weighted by atomic mass is 9.98. The second-order valence-electron chi connectivity index (χ2n) is 7.85. The number of benzene rings is 2. The average molecular weight is 420 g/mol. The number of piperidine rings is 1. The Kier molecular flexibility index (Phi) is 5.60. The molecule has 5 nitrogen and oxygen atoms in total. The number of hydrogen-bond acceptors (Lipinski definition) is 4. The highest BCUT2D eigenvalue weighted by Gasteiger charge is 2.34. The minimum absolute atomic E-state index is 0.0761. The number of carbonyl (C=O) groups is 1. The summed E-state index contributed by atoms with van der Waals surface area (Å²) < 4.78 is 51.5. The molecular weight excluding hydrogens is 397 g/mol. The van der Waals surface area contributed by atoms with Gasteiger partial charge in [0.05, 0.1) is 5.56 Å². The van der Waals surface area contributed by atoms with Gasteiger partial charge in [-0.2, -0.15) is 13.2 Å². The molecule has 160 valence electrons. The summed E-state index contributed by atoms with van der Waals surface area (Å²) in [5.41, 5.74) is -0.122. The molecule has 8 heteroatoms. The molecule has 1 N–H and O–H groups in total. The van der Waals surface area contributed by atoms with E-state index >= 15 is 0 Å². The van der Waals surface area contributed by atoms with Gasteiger partial charge in [0.1, 0.15) is 0 Å². The van der Waals surface area contributed by atoms with Crippen LogP contribution in [-0.4, -0.2) is 30.7 Å². The van der Waals surface area contributed by atoms with Crippen LogP contribution in [0.2, 0.25) is 0 Å². The van der Waals surface area contributed by atoms with Crippen LogP contribution in [-0.2, 0) is 12.7 Å². The number of anilines is 1. The largest absolute Gasteiger partial charge is 0.454 e. The Morgan fingerprint density at radius 1 is 1.10 bits per heavy atom. The molecule has 1 fully saturated rings. The first kappa shape index (κ1) is 20.5. The van der Waals surface area contributed by atoms with Crippen molar-refractivity contribution in [1.29, 1.82) is 0 Å². The van der Waals surface area contributed by atoms with E-state index in [0.717, 1.165) is 32.0 Å². The zero-order chi connectivity index (χ0) is 21.3. The molecule has 2 heterocycles. The highest BCUT2D eigenvalue weighted by Crippen LogP contribution is 2.36. The normalized spacial score (nSPS) is 17.2. The lowest BCUT2D eigenvalue weighted by Crippen LogP contribution is -2.33. The van der Waals surface area contributed by atoms with Gasteiger partial charge in [-0.3, -0.25) is 9.69 Å². The minimum atomic E-state index is -4.50. The van der Waals surface area contributed by atoms with E-state index in [1.807, 2.05) is 0 Å². The first-order valence-corrected chi connectivity index (χ1v) is 9.93. The van der Waals surface area contributed by atoms with E-state index in [9.17, 15) is 18.0 Å². The summed E-state index contributed by atoms with van der Waals surface area (Å²) in [5.74, 6) is 1.06. The molecule has 0 radical (unpaired) electrons. The summed E-state index contributed by atoms with van der Waals surface area (Å²) in [6, 6.07) is 8.62. The van der Waals surface area contributed by atoms with E-state index in [1.165, 1.54) is 18.2 Å². The molecule has 0 bridgehead atoms. The minimum Gasteiger partial charge on any atom is -0.454 e. The van der Waals surface area contributed by atoms with Crippen LogP contribution in [0, 0.1) is 5.92 Å². The van der Waals surface area contributed by atoms with E-state index in [1.54, 1.807) is 12.1 Å². The Bertz CT molecular complexity index is 938. The summed E-state index contributed by atoms with van der Waals surface area (Å²) >= 11 is 0. The van der Waals surface area contributed by atoms with E-state index < -0.39 is 17.6 Å². The number of carbonyl (C=O) groups excluding carboxylic acids is 1. The van der Waals surface area contributed by atoms with Gasteiger partial charge in [0.2, 0.25) is 6.79 Å². The molecule has 2 aromatic carbocycles. The predicted molar refractivity (Wildman–Crippen MR) is 106 cm³/mol. The predicted octanol–water partition coefficient (Wildman–Crippen LogP) is 4.92. The number of nitrogens with one attached hydrogen (secondary N) is 1. The van der Waals surface area contributed by atoms with Crippen molar-refractivity contribution >= 4 is 11.6 Å². The SMILES string of the molecule is CC1CCN(Cc2ccc(NC(=O)c3ccc4c(c3)OCO4)cc2C(F)(F)F)CC1. The second kappa shape index (κ2) is 8.18. The molecule has 1 amide bonds. The fraction of sp³-hybridized carbons (Fsp3) is 0.409. The van der Waals surface area contributed by atoms with Gasteiger partial charge >= 0.3 is 6.18 Å². The van der Waals surface area contributed by atoms with Crippen molar-refractivity contribution < 1.29 is 27.4 Å². The van der Waals surface area contributed by atoms with Gasteiger partial charge < -0.3 is 14.8 Å². The van der Waals surface area contributed by atoms with Crippen molar-refractivity contribution in [3.8, 4) is 11.5 Å². The number of hydrogen-bond donors (Lipinski definition) is 1. The van der Waals surface area contributed by atoms with Crippen molar-refractivity contribution in [2.45, 2.75) is 32.5 Å². The number of amides is 1. The van der Waals surface area contributed by atoms with E-state index in [-0.39, 0.29) is 30.2 Å². The summed E-state index contributed by atoms with van der Waals surface area (Å²) in [6.45, 7) is 4.07. The van der Waals surface area contributed by atoms with Crippen molar-refractivity contribution in [3.05, 3.63) is 53.1 Å². The molecule has 1 saturated heterocycles. The first-order valence-electron chi connectivity index (χ1n) is 9.93. The highest BCUT2D eigenvalue weighted by atomic mass is 19.4. The fourth-order valence-electron chi connectivity index (χ4n) is 3.76. The van der Waals surface area contributed by atoms with Crippen LogP contribution in [0.4, 0.5) is 18.9 Å². The molecular formula is C22H23F3N2O3. The molecule has 2 aromatic rings. The highest BCUT2D eigenvalue weighted by molar-refractivity contribution is 6.04. The van der Waals surface area contributed by atoms with E-state index in [0.29, 0.717) is 17.4 Å². The van der Waals surface area contributed by atoms with Gasteiger partial charge in [0, 0.05) is 17.8 Å². The third-order valence-corrected chi connectivity index (χ3v) is 5.58. The van der Waals surface area contributed by atoms with Gasteiger partial charge in [-0.15, -0.1) is 0 Å². The van der Waals surface area contributed by atoms with Gasteiger partial charge in [-0.25, -0.2) is 0 Å². The Labute approximate surface area is 172 Å². The number of likely N-dealkylation sites (tertiary alicyclic amines) is 1. The van der Waals surface area contributed by atoms with Crippen molar-refractivity contribution in [3.63, 3.8) is 0 Å². The zero-order valence-corrected chi connectivity index (χ0v) is 16.6. The van der Waals surface area contributed by atoms with Crippen LogP contribution >= 0.6 is 0 Å². The van der Waals surface area contributed by atoms with Crippen molar-refractivity contribution in [1.82, 2.24) is 4.90 Å². The molecule has 0 atom stereocenters. The maximum Gasteiger partial charge on any atom is 0.416 e. The quantitative estimate of drug-likeness (QED) is 0.763. The number of fused-ring (bicyclic) bond motifs is 1. The third-order valence-electron chi connectivity index (χ3n) is 5.58. The van der Waals surface area contributed by atoms with Crippen LogP contribution in [0.5, 0.6) is 11.5 Å². The average Bonchev–Trinajstić information content (AvgIpc) is 3.18. The summed E-state index contributed by atoms with van der Waals surface area (Å²) in [6.07, 6.45) is -2.52. The summed E-state index contributed by atoms with van der Waals surface area (Å²) in [7, 11) is 0. The van der Waals surface area contributed by atoms with Crippen LogP contribution in [0.15, 0.2) is 36.4 Å². The van der Waals surface area contributed by atoms with Gasteiger partial charge in [0.15, 0.2) is 11.5 Å². The van der Waals surface area contributed by atoms with Gasteiger partial charge in [-0.1, -0.05) is 13.0 Å². The Hall–Kier alpha value is -2.74. The standard InChI is InChI=1S/C22H23F3N2O3/c1-14-6-8-27(9-7-14)12-16-2-4-17(11-18(16)22(23,24)25)26-21(28)15-3-5-19-20(10-15)30-13-29-19/h2-5,10-11,14H,6-9,12-13H2,1H3,(H,26,28). The molecule has 30 heavy (non-hydrogen) atoms. The number of rotatable bonds is 4. The Morgan fingerprint density at radius 3 is 2.57 bits per heavy atom. The molecule has 0 spiro atoms. The number of alkyl halides is 3. The van der Waals surface area contributed by atoms with Crippen LogP contribution in [0.25, 0.3) is 0 Å². The summed E-state index contributed by atoms with van der Waals surface area (Å²) in [4.78, 5) is 14.6. The number of ether oxygens (including phenoxy) is 2. The van der Waals surface area contributed by atoms with Crippen LogP contribution in [0.3, 0.4) is 0 Å². The summed E-state index contributed by atoms with van der Waals surface area (Å²) in [5, 5.41) is 2.55. The van der Waals surface area contributed by atoms with E-state index in [4.69, 9.17) is 9.47 Å². The molecule has 0 saturated carbocycles. The Balaban J connectivity index is 1.52. The van der Waals surface area contributed by atoms with Crippen LogP contribution in [0.1, 0.15) is 41.3 Å². The third kappa shape index (κ3) is 4.53. The van der Waals surface area contributed by atoms with Crippen LogP contribution < -0.4 is 14.8 Å². The monoisotopic (exact) mass is 420 g/mol. The van der Waals surface area contributed by atoms with Crippen molar-refractivity contribution in [2.75, 3.05) is 25.2 Å². The lowest BCUT2D eigenvalue weighted by Gasteiger charge is -2.31. The van der Waals surface area contributed by atoms with Gasteiger partial charge in [-0.05, 0) is 67.7 Å². The fourth-order valence-corrected chi connectivity index (χ4v) is 3.76. The zero-order valence-electron chi connectivity index (χ0n) is 16.6. The smallest absolute Gasteiger partial charge is 0.416 e. The number of halogens is 3. The van der Waals surface area contributed by atoms with Gasteiger partial charge in [0.25, 0.3) is 5.91 Å². The van der Waals surface area contributed by atoms with Crippen molar-refractivity contribution in [2.24, 2.45) is 5.92 Å². The van der Waals surface area contributed by atoms with E-state index in [2.05, 4.69) is 17.1 Å². The molecule has 2 aliphatic heterocycles. The molecule has 2 aliphatic rings. The molecule has 0 aliphatic carbocycles. The molecule has 0 aromatic heterocycles. The topological polar surface area (TPSA) is 50.8 Å². The first-order chi connectivity index (χ1) is 14.3.